The molecule has 1 unspecified atom stereocenters. The number of hydrogen-bond donors (Lipinski definition) is 0. The molecule has 1 atom stereocenters. The Morgan fingerprint density at radius 3 is 2.37 bits per heavy atom. The molecule has 0 fully saturated rings. The Labute approximate surface area is 115 Å². The third kappa shape index (κ3) is 2.23. The van der Waals surface area contributed by atoms with Gasteiger partial charge >= 0.3 is 7.60 Å². The van der Waals surface area contributed by atoms with Crippen molar-refractivity contribution in [2.75, 3.05) is 6.61 Å². The highest BCUT2D eigenvalue weighted by molar-refractivity contribution is 7.56. The standard InChI is InChI=1S/C15H23O3P/c1-4-11-15(12-5-2)13-9-7-8-10-14(13)18-19(15,16)17-6-3/h7-10H,4-6,11-12H2,1-3H3. The molecule has 1 heterocycles. The van der Waals surface area contributed by atoms with Gasteiger partial charge in [0.1, 0.15) is 10.9 Å². The maximum absolute atomic E-state index is 13.3. The van der Waals surface area contributed by atoms with Crippen LogP contribution in [0.1, 0.15) is 52.0 Å². The Balaban J connectivity index is 2.56. The minimum Gasteiger partial charge on any atom is -0.423 e. The van der Waals surface area contributed by atoms with Crippen LogP contribution < -0.4 is 4.52 Å². The molecule has 1 aromatic carbocycles. The minimum absolute atomic E-state index is 0.417. The van der Waals surface area contributed by atoms with Crippen molar-refractivity contribution >= 4 is 7.60 Å². The largest absolute Gasteiger partial charge is 0.423 e. The van der Waals surface area contributed by atoms with Crippen molar-refractivity contribution in [2.45, 2.75) is 51.6 Å². The van der Waals surface area contributed by atoms with Crippen molar-refractivity contribution in [3.63, 3.8) is 0 Å². The summed E-state index contributed by atoms with van der Waals surface area (Å²) in [4.78, 5) is 0. The summed E-state index contributed by atoms with van der Waals surface area (Å²) >= 11 is 0. The molecular formula is C15H23O3P. The lowest BCUT2D eigenvalue weighted by Crippen LogP contribution is -2.24. The van der Waals surface area contributed by atoms with Gasteiger partial charge in [-0.15, -0.1) is 0 Å². The van der Waals surface area contributed by atoms with E-state index in [0.717, 1.165) is 37.0 Å². The summed E-state index contributed by atoms with van der Waals surface area (Å²) in [5.41, 5.74) is 1.07. The SMILES string of the molecule is CCCC1(CCC)c2ccccc2OP1(=O)OCC. The van der Waals surface area contributed by atoms with Crippen molar-refractivity contribution in [3.8, 4) is 5.75 Å². The molecule has 0 radical (unpaired) electrons. The van der Waals surface area contributed by atoms with Gasteiger partial charge in [0, 0.05) is 5.56 Å². The van der Waals surface area contributed by atoms with Gasteiger partial charge in [-0.2, -0.15) is 0 Å². The predicted octanol–water partition coefficient (Wildman–Crippen LogP) is 5.10. The molecule has 0 aliphatic carbocycles. The average molecular weight is 282 g/mol. The average Bonchev–Trinajstić information content (AvgIpc) is 2.61. The molecule has 0 N–H and O–H groups in total. The summed E-state index contributed by atoms with van der Waals surface area (Å²) < 4.78 is 24.7. The highest BCUT2D eigenvalue weighted by atomic mass is 31.2. The Morgan fingerprint density at radius 1 is 1.16 bits per heavy atom. The van der Waals surface area contributed by atoms with E-state index in [1.54, 1.807) is 0 Å². The van der Waals surface area contributed by atoms with Gasteiger partial charge in [0.05, 0.1) is 6.61 Å². The van der Waals surface area contributed by atoms with Crippen LogP contribution in [-0.4, -0.2) is 6.61 Å². The summed E-state index contributed by atoms with van der Waals surface area (Å²) in [5, 5.41) is -0.455. The Hall–Kier alpha value is -0.790. The summed E-state index contributed by atoms with van der Waals surface area (Å²) in [6.07, 6.45) is 3.62. The Bertz CT molecular complexity index is 478. The summed E-state index contributed by atoms with van der Waals surface area (Å²) in [6.45, 7) is 6.53. The fourth-order valence-electron chi connectivity index (χ4n) is 3.11. The summed E-state index contributed by atoms with van der Waals surface area (Å²) in [6, 6.07) is 7.85. The highest BCUT2D eigenvalue weighted by Gasteiger charge is 2.57. The van der Waals surface area contributed by atoms with Crippen molar-refractivity contribution in [1.82, 2.24) is 0 Å². The second-order valence-electron chi connectivity index (χ2n) is 5.03. The first-order valence-electron chi connectivity index (χ1n) is 7.17. The number of hydrogen-bond acceptors (Lipinski definition) is 3. The van der Waals surface area contributed by atoms with E-state index in [-0.39, 0.29) is 0 Å². The molecule has 4 heteroatoms. The summed E-state index contributed by atoms with van der Waals surface area (Å²) in [7, 11) is -3.13. The minimum atomic E-state index is -3.13. The van der Waals surface area contributed by atoms with Crippen LogP contribution in [0.5, 0.6) is 5.75 Å². The smallest absolute Gasteiger partial charge is 0.389 e. The molecule has 3 nitrogen and oxygen atoms in total. The molecule has 2 rings (SSSR count). The third-order valence-corrected chi connectivity index (χ3v) is 6.53. The van der Waals surface area contributed by atoms with Crippen LogP contribution in [0.4, 0.5) is 0 Å². The molecule has 106 valence electrons. The van der Waals surface area contributed by atoms with Gasteiger partial charge in [-0.05, 0) is 25.8 Å². The normalized spacial score (nSPS) is 23.9. The van der Waals surface area contributed by atoms with E-state index in [1.165, 1.54) is 0 Å². The van der Waals surface area contributed by atoms with Gasteiger partial charge in [0.15, 0.2) is 0 Å². The molecule has 1 aromatic rings. The number of para-hydroxylation sites is 1. The number of benzene rings is 1. The van der Waals surface area contributed by atoms with E-state index in [0.29, 0.717) is 6.61 Å². The van der Waals surface area contributed by atoms with Crippen molar-refractivity contribution in [2.24, 2.45) is 0 Å². The molecule has 0 amide bonds. The topological polar surface area (TPSA) is 35.5 Å². The van der Waals surface area contributed by atoms with Crippen LogP contribution in [0.3, 0.4) is 0 Å². The molecule has 19 heavy (non-hydrogen) atoms. The lowest BCUT2D eigenvalue weighted by Gasteiger charge is -2.32. The molecule has 0 saturated carbocycles. The summed E-state index contributed by atoms with van der Waals surface area (Å²) in [5.74, 6) is 0.737. The second kappa shape index (κ2) is 5.68. The van der Waals surface area contributed by atoms with E-state index in [4.69, 9.17) is 9.05 Å². The van der Waals surface area contributed by atoms with E-state index in [9.17, 15) is 4.57 Å². The van der Waals surface area contributed by atoms with Crippen LogP contribution in [-0.2, 0) is 14.2 Å². The lowest BCUT2D eigenvalue weighted by atomic mass is 9.88. The molecule has 1 aliphatic rings. The van der Waals surface area contributed by atoms with Crippen LogP contribution in [0.2, 0.25) is 0 Å². The van der Waals surface area contributed by atoms with E-state index < -0.39 is 12.8 Å². The molecule has 0 bridgehead atoms. The molecule has 0 spiro atoms. The zero-order chi connectivity index (χ0) is 13.9. The molecule has 1 aliphatic heterocycles. The quantitative estimate of drug-likeness (QED) is 0.680. The van der Waals surface area contributed by atoms with E-state index in [2.05, 4.69) is 13.8 Å². The third-order valence-electron chi connectivity index (χ3n) is 3.76. The van der Waals surface area contributed by atoms with Gasteiger partial charge in [0.2, 0.25) is 0 Å². The zero-order valence-electron chi connectivity index (χ0n) is 12.0. The Morgan fingerprint density at radius 2 is 1.79 bits per heavy atom. The molecule has 0 saturated heterocycles. The molecular weight excluding hydrogens is 259 g/mol. The first kappa shape index (κ1) is 14.6. The monoisotopic (exact) mass is 282 g/mol. The zero-order valence-corrected chi connectivity index (χ0v) is 12.9. The first-order valence-corrected chi connectivity index (χ1v) is 8.71. The van der Waals surface area contributed by atoms with Crippen LogP contribution in [0, 0.1) is 0 Å². The fourth-order valence-corrected chi connectivity index (χ4v) is 5.82. The van der Waals surface area contributed by atoms with Gasteiger partial charge < -0.3 is 4.52 Å². The maximum atomic E-state index is 13.3. The van der Waals surface area contributed by atoms with Crippen molar-refractivity contribution in [3.05, 3.63) is 29.8 Å². The van der Waals surface area contributed by atoms with Crippen molar-refractivity contribution in [1.29, 1.82) is 0 Å². The van der Waals surface area contributed by atoms with Gasteiger partial charge in [-0.1, -0.05) is 44.9 Å². The van der Waals surface area contributed by atoms with Crippen LogP contribution in [0.25, 0.3) is 0 Å². The predicted molar refractivity (Wildman–Crippen MR) is 77.8 cm³/mol. The lowest BCUT2D eigenvalue weighted by molar-refractivity contribution is 0.256. The van der Waals surface area contributed by atoms with Crippen LogP contribution in [0.15, 0.2) is 24.3 Å². The second-order valence-corrected chi connectivity index (χ2v) is 7.33. The first-order chi connectivity index (χ1) is 9.13. The van der Waals surface area contributed by atoms with Gasteiger partial charge in [0.25, 0.3) is 0 Å². The van der Waals surface area contributed by atoms with E-state index in [1.807, 2.05) is 31.2 Å². The van der Waals surface area contributed by atoms with Crippen LogP contribution >= 0.6 is 7.60 Å². The highest BCUT2D eigenvalue weighted by Crippen LogP contribution is 2.74. The van der Waals surface area contributed by atoms with Gasteiger partial charge in [-0.3, -0.25) is 4.52 Å². The van der Waals surface area contributed by atoms with E-state index >= 15 is 0 Å². The fraction of sp³-hybridized carbons (Fsp3) is 0.600. The van der Waals surface area contributed by atoms with Crippen molar-refractivity contribution < 1.29 is 13.6 Å². The molecule has 0 aromatic heterocycles. The maximum Gasteiger partial charge on any atom is 0.389 e. The number of rotatable bonds is 6. The number of fused-ring (bicyclic) bond motifs is 1. The van der Waals surface area contributed by atoms with Gasteiger partial charge in [-0.25, -0.2) is 4.57 Å². The Kier molecular flexibility index (Phi) is 4.37.